The molecule has 0 saturated heterocycles. The van der Waals surface area contributed by atoms with Crippen LogP contribution in [-0.4, -0.2) is 13.9 Å². The number of ether oxygens (including phenoxy) is 2. The Hall–Kier alpha value is -1.54. The minimum Gasteiger partial charge on any atom is -0.467 e. The molecule has 0 spiro atoms. The van der Waals surface area contributed by atoms with Crippen LogP contribution in [0.2, 0.25) is 0 Å². The first-order valence-corrected chi connectivity index (χ1v) is 4.51. The molecule has 0 atom stereocenters. The Bertz CT molecular complexity index is 418. The molecule has 0 bridgehead atoms. The van der Waals surface area contributed by atoms with Crippen LogP contribution in [0, 0.1) is 0 Å². The molecule has 2 aromatic carbocycles. The third kappa shape index (κ3) is 1.70. The standard InChI is InChI=1S/C12H12O2/c1-13-9-14-12-8-4-6-10-5-2-3-7-11(10)12/h2-8H,9H2,1H3. The summed E-state index contributed by atoms with van der Waals surface area (Å²) in [6, 6.07) is 14.1. The predicted molar refractivity (Wildman–Crippen MR) is 56.5 cm³/mol. The van der Waals surface area contributed by atoms with Crippen LogP contribution in [0.4, 0.5) is 0 Å². The second kappa shape index (κ2) is 4.11. The molecule has 0 fully saturated rings. The smallest absolute Gasteiger partial charge is 0.188 e. The summed E-state index contributed by atoms with van der Waals surface area (Å²) in [6.45, 7) is 0.286. The number of methoxy groups -OCH3 is 1. The first-order chi connectivity index (χ1) is 6.92. The van der Waals surface area contributed by atoms with Crippen LogP contribution in [0.3, 0.4) is 0 Å². The molecule has 2 aromatic rings. The predicted octanol–water partition coefficient (Wildman–Crippen LogP) is 2.82. The molecular weight excluding hydrogens is 176 g/mol. The van der Waals surface area contributed by atoms with Gasteiger partial charge in [0.15, 0.2) is 6.79 Å². The zero-order valence-electron chi connectivity index (χ0n) is 8.07. The van der Waals surface area contributed by atoms with E-state index in [1.54, 1.807) is 7.11 Å². The van der Waals surface area contributed by atoms with Crippen molar-refractivity contribution < 1.29 is 9.47 Å². The fourth-order valence-corrected chi connectivity index (χ4v) is 1.44. The molecule has 0 aromatic heterocycles. The van der Waals surface area contributed by atoms with Crippen molar-refractivity contribution in [3.63, 3.8) is 0 Å². The molecule has 0 unspecified atom stereocenters. The van der Waals surface area contributed by atoms with Gasteiger partial charge in [0.25, 0.3) is 0 Å². The lowest BCUT2D eigenvalue weighted by Gasteiger charge is -2.07. The van der Waals surface area contributed by atoms with Gasteiger partial charge in [-0.1, -0.05) is 36.4 Å². The van der Waals surface area contributed by atoms with Gasteiger partial charge in [-0.05, 0) is 11.5 Å². The minimum absolute atomic E-state index is 0.286. The first-order valence-electron chi connectivity index (χ1n) is 4.51. The minimum atomic E-state index is 0.286. The van der Waals surface area contributed by atoms with Gasteiger partial charge in [0.05, 0.1) is 0 Å². The molecule has 0 saturated carbocycles. The first kappa shape index (κ1) is 9.03. The zero-order valence-corrected chi connectivity index (χ0v) is 8.07. The maximum Gasteiger partial charge on any atom is 0.188 e. The molecular formula is C12H12O2. The lowest BCUT2D eigenvalue weighted by atomic mass is 10.1. The van der Waals surface area contributed by atoms with E-state index in [4.69, 9.17) is 9.47 Å². The summed E-state index contributed by atoms with van der Waals surface area (Å²) in [4.78, 5) is 0. The zero-order chi connectivity index (χ0) is 9.80. The van der Waals surface area contributed by atoms with Crippen LogP contribution < -0.4 is 4.74 Å². The molecule has 0 N–H and O–H groups in total. The van der Waals surface area contributed by atoms with E-state index in [0.29, 0.717) is 0 Å². The van der Waals surface area contributed by atoms with Crippen molar-refractivity contribution in [3.05, 3.63) is 42.5 Å². The Balaban J connectivity index is 2.43. The van der Waals surface area contributed by atoms with Crippen molar-refractivity contribution in [1.82, 2.24) is 0 Å². The summed E-state index contributed by atoms with van der Waals surface area (Å²) in [5.74, 6) is 0.866. The topological polar surface area (TPSA) is 18.5 Å². The van der Waals surface area contributed by atoms with Gasteiger partial charge in [0, 0.05) is 12.5 Å². The Labute approximate surface area is 83.1 Å². The summed E-state index contributed by atoms with van der Waals surface area (Å²) in [5.41, 5.74) is 0. The molecule has 2 rings (SSSR count). The summed E-state index contributed by atoms with van der Waals surface area (Å²) in [5, 5.41) is 2.30. The lowest BCUT2D eigenvalue weighted by molar-refractivity contribution is 0.0522. The van der Waals surface area contributed by atoms with Crippen LogP contribution in [-0.2, 0) is 4.74 Å². The highest BCUT2D eigenvalue weighted by molar-refractivity contribution is 5.88. The average molecular weight is 188 g/mol. The van der Waals surface area contributed by atoms with Crippen molar-refractivity contribution in [1.29, 1.82) is 0 Å². The molecule has 0 amide bonds. The van der Waals surface area contributed by atoms with E-state index in [-0.39, 0.29) is 6.79 Å². The normalized spacial score (nSPS) is 10.4. The van der Waals surface area contributed by atoms with Gasteiger partial charge in [-0.3, -0.25) is 0 Å². The van der Waals surface area contributed by atoms with Gasteiger partial charge in [0.1, 0.15) is 5.75 Å². The van der Waals surface area contributed by atoms with Gasteiger partial charge in [-0.2, -0.15) is 0 Å². The quantitative estimate of drug-likeness (QED) is 0.689. The summed E-state index contributed by atoms with van der Waals surface area (Å²) in [6.07, 6.45) is 0. The maximum atomic E-state index is 5.45. The number of hydrogen-bond acceptors (Lipinski definition) is 2. The van der Waals surface area contributed by atoms with E-state index < -0.39 is 0 Å². The highest BCUT2D eigenvalue weighted by Gasteiger charge is 1.99. The van der Waals surface area contributed by atoms with Gasteiger partial charge < -0.3 is 9.47 Å². The van der Waals surface area contributed by atoms with E-state index in [1.165, 1.54) is 5.39 Å². The van der Waals surface area contributed by atoms with Crippen molar-refractivity contribution >= 4 is 10.8 Å². The Kier molecular flexibility index (Phi) is 2.65. The molecule has 2 nitrogen and oxygen atoms in total. The summed E-state index contributed by atoms with van der Waals surface area (Å²) < 4.78 is 10.3. The highest BCUT2D eigenvalue weighted by Crippen LogP contribution is 2.24. The fraction of sp³-hybridized carbons (Fsp3) is 0.167. The van der Waals surface area contributed by atoms with E-state index in [2.05, 4.69) is 12.1 Å². The van der Waals surface area contributed by atoms with Crippen molar-refractivity contribution in [2.24, 2.45) is 0 Å². The Morgan fingerprint density at radius 1 is 1.00 bits per heavy atom. The molecule has 72 valence electrons. The number of fused-ring (bicyclic) bond motifs is 1. The monoisotopic (exact) mass is 188 g/mol. The maximum absolute atomic E-state index is 5.45. The molecule has 0 radical (unpaired) electrons. The molecule has 0 aliphatic heterocycles. The molecule has 0 aliphatic carbocycles. The third-order valence-corrected chi connectivity index (χ3v) is 2.08. The largest absolute Gasteiger partial charge is 0.467 e. The van der Waals surface area contributed by atoms with Gasteiger partial charge in [-0.15, -0.1) is 0 Å². The van der Waals surface area contributed by atoms with Gasteiger partial charge in [0.2, 0.25) is 0 Å². The summed E-state index contributed by atoms with van der Waals surface area (Å²) >= 11 is 0. The number of rotatable bonds is 3. The second-order valence-corrected chi connectivity index (χ2v) is 3.03. The van der Waals surface area contributed by atoms with Crippen molar-refractivity contribution in [2.45, 2.75) is 0 Å². The summed E-state index contributed by atoms with van der Waals surface area (Å²) in [7, 11) is 1.62. The van der Waals surface area contributed by atoms with Crippen LogP contribution in [0.1, 0.15) is 0 Å². The Morgan fingerprint density at radius 2 is 1.79 bits per heavy atom. The molecule has 0 aliphatic rings. The Morgan fingerprint density at radius 3 is 2.64 bits per heavy atom. The van der Waals surface area contributed by atoms with E-state index in [9.17, 15) is 0 Å². The van der Waals surface area contributed by atoms with Crippen LogP contribution in [0.5, 0.6) is 5.75 Å². The van der Waals surface area contributed by atoms with Crippen molar-refractivity contribution in [3.8, 4) is 5.75 Å². The number of hydrogen-bond donors (Lipinski definition) is 0. The lowest BCUT2D eigenvalue weighted by Crippen LogP contribution is -1.98. The second-order valence-electron chi connectivity index (χ2n) is 3.03. The van der Waals surface area contributed by atoms with Crippen LogP contribution in [0.15, 0.2) is 42.5 Å². The van der Waals surface area contributed by atoms with E-state index in [0.717, 1.165) is 11.1 Å². The SMILES string of the molecule is COCOc1cccc2ccccc12. The van der Waals surface area contributed by atoms with Crippen LogP contribution in [0.25, 0.3) is 10.8 Å². The van der Waals surface area contributed by atoms with E-state index in [1.807, 2.05) is 30.3 Å². The fourth-order valence-electron chi connectivity index (χ4n) is 1.44. The average Bonchev–Trinajstić information content (AvgIpc) is 2.26. The molecule has 14 heavy (non-hydrogen) atoms. The van der Waals surface area contributed by atoms with Gasteiger partial charge >= 0.3 is 0 Å². The van der Waals surface area contributed by atoms with Crippen molar-refractivity contribution in [2.75, 3.05) is 13.9 Å². The number of benzene rings is 2. The molecule has 2 heteroatoms. The highest BCUT2D eigenvalue weighted by atomic mass is 16.7. The van der Waals surface area contributed by atoms with Crippen LogP contribution >= 0.6 is 0 Å². The third-order valence-electron chi connectivity index (χ3n) is 2.08. The van der Waals surface area contributed by atoms with Gasteiger partial charge in [-0.25, -0.2) is 0 Å². The molecule has 0 heterocycles. The van der Waals surface area contributed by atoms with E-state index >= 15 is 0 Å².